The predicted octanol–water partition coefficient (Wildman–Crippen LogP) is 1.80. The highest BCUT2D eigenvalue weighted by Crippen LogP contribution is 2.21. The van der Waals surface area contributed by atoms with Gasteiger partial charge in [0.05, 0.1) is 0 Å². The number of carbonyl (C=O) groups excluding carboxylic acids is 1. The first-order valence-corrected chi connectivity index (χ1v) is 8.75. The van der Waals surface area contributed by atoms with Crippen molar-refractivity contribution in [3.05, 3.63) is 54.4 Å². The molecular formula is C16H15BrClN5O3. The monoisotopic (exact) mass is 439 g/mol. The Morgan fingerprint density at radius 1 is 1.27 bits per heavy atom. The lowest BCUT2D eigenvalue weighted by Gasteiger charge is -2.10. The van der Waals surface area contributed by atoms with E-state index in [1.807, 2.05) is 19.1 Å². The maximum Gasteiger partial charge on any atom is 0.332 e. The number of carbonyl (C=O) groups is 1. The minimum atomic E-state index is -0.560. The fraction of sp³-hybridized carbons (Fsp3) is 0.250. The highest BCUT2D eigenvalue weighted by molar-refractivity contribution is 9.10. The molecule has 2 aromatic heterocycles. The minimum Gasteiger partial charge on any atom is -0.324 e. The summed E-state index contributed by atoms with van der Waals surface area (Å²) in [5.41, 5.74) is 0.693. The molecule has 26 heavy (non-hydrogen) atoms. The van der Waals surface area contributed by atoms with Crippen LogP contribution in [0.1, 0.15) is 5.56 Å². The van der Waals surface area contributed by atoms with Crippen LogP contribution in [0.4, 0.5) is 5.69 Å². The van der Waals surface area contributed by atoms with E-state index < -0.39 is 11.2 Å². The van der Waals surface area contributed by atoms with E-state index in [0.29, 0.717) is 5.69 Å². The summed E-state index contributed by atoms with van der Waals surface area (Å²) in [6.07, 6.45) is 0. The molecule has 0 aliphatic carbocycles. The maximum atomic E-state index is 12.5. The molecule has 1 amide bonds. The zero-order valence-electron chi connectivity index (χ0n) is 14.2. The number of halogens is 2. The molecule has 0 saturated carbocycles. The number of aromatic nitrogens is 4. The smallest absolute Gasteiger partial charge is 0.324 e. The highest BCUT2D eigenvalue weighted by atomic mass is 79.9. The van der Waals surface area contributed by atoms with Crippen LogP contribution in [0, 0.1) is 6.92 Å². The van der Waals surface area contributed by atoms with Gasteiger partial charge in [-0.3, -0.25) is 23.3 Å². The Kier molecular flexibility index (Phi) is 4.76. The summed E-state index contributed by atoms with van der Waals surface area (Å²) in [6, 6.07) is 5.46. The van der Waals surface area contributed by atoms with Crippen LogP contribution >= 0.6 is 27.5 Å². The van der Waals surface area contributed by atoms with E-state index in [0.717, 1.165) is 14.6 Å². The quantitative estimate of drug-likeness (QED) is 0.629. The fourth-order valence-electron chi connectivity index (χ4n) is 2.66. The lowest BCUT2D eigenvalue weighted by atomic mass is 10.2. The average molecular weight is 441 g/mol. The molecule has 0 fully saturated rings. The predicted molar refractivity (Wildman–Crippen MR) is 103 cm³/mol. The second-order valence-electron chi connectivity index (χ2n) is 5.85. The number of anilines is 1. The molecule has 0 bridgehead atoms. The molecule has 136 valence electrons. The van der Waals surface area contributed by atoms with Crippen LogP contribution in [0.3, 0.4) is 0 Å². The van der Waals surface area contributed by atoms with Gasteiger partial charge in [0.1, 0.15) is 6.54 Å². The van der Waals surface area contributed by atoms with E-state index in [2.05, 4.69) is 26.2 Å². The zero-order chi connectivity index (χ0) is 19.2. The lowest BCUT2D eigenvalue weighted by molar-refractivity contribution is -0.116. The lowest BCUT2D eigenvalue weighted by Crippen LogP contribution is -2.37. The number of imidazole rings is 1. The molecule has 3 aromatic rings. The molecule has 2 heterocycles. The van der Waals surface area contributed by atoms with Crippen LogP contribution < -0.4 is 16.6 Å². The average Bonchev–Trinajstić information content (AvgIpc) is 2.90. The van der Waals surface area contributed by atoms with Gasteiger partial charge < -0.3 is 5.32 Å². The molecule has 3 rings (SSSR count). The number of hydrogen-bond acceptors (Lipinski definition) is 4. The second-order valence-corrected chi connectivity index (χ2v) is 7.11. The van der Waals surface area contributed by atoms with Gasteiger partial charge in [-0.05, 0) is 42.3 Å². The topological polar surface area (TPSA) is 90.9 Å². The second kappa shape index (κ2) is 6.73. The van der Waals surface area contributed by atoms with Gasteiger partial charge in [-0.25, -0.2) is 4.79 Å². The van der Waals surface area contributed by atoms with Crippen LogP contribution in [0.5, 0.6) is 0 Å². The number of amides is 1. The zero-order valence-corrected chi connectivity index (χ0v) is 16.6. The third-order valence-corrected chi connectivity index (χ3v) is 4.85. The van der Waals surface area contributed by atoms with Crippen LogP contribution in [-0.2, 0) is 25.4 Å². The Balaban J connectivity index is 2.01. The summed E-state index contributed by atoms with van der Waals surface area (Å²) in [7, 11) is 2.85. The Morgan fingerprint density at radius 2 is 1.96 bits per heavy atom. The summed E-state index contributed by atoms with van der Waals surface area (Å²) in [5, 5.41) is 2.74. The molecule has 0 saturated heterocycles. The Bertz CT molecular complexity index is 1160. The molecule has 0 radical (unpaired) electrons. The minimum absolute atomic E-state index is 0.0408. The van der Waals surface area contributed by atoms with E-state index in [9.17, 15) is 14.4 Å². The van der Waals surface area contributed by atoms with Crippen molar-refractivity contribution in [2.45, 2.75) is 13.5 Å². The molecule has 1 aromatic carbocycles. The van der Waals surface area contributed by atoms with Crippen molar-refractivity contribution in [1.29, 1.82) is 0 Å². The SMILES string of the molecule is Cc1cc(Br)ccc1NC(=O)Cn1c(Cl)nc2c1c(=O)n(C)c(=O)n2C. The largest absolute Gasteiger partial charge is 0.332 e. The van der Waals surface area contributed by atoms with Crippen molar-refractivity contribution in [2.24, 2.45) is 14.1 Å². The van der Waals surface area contributed by atoms with Crippen molar-refractivity contribution in [1.82, 2.24) is 18.7 Å². The van der Waals surface area contributed by atoms with Crippen molar-refractivity contribution >= 4 is 50.3 Å². The number of nitrogens with zero attached hydrogens (tertiary/aromatic N) is 4. The first-order chi connectivity index (χ1) is 12.2. The Hall–Kier alpha value is -2.39. The number of benzene rings is 1. The third kappa shape index (κ3) is 3.08. The number of rotatable bonds is 3. The van der Waals surface area contributed by atoms with Gasteiger partial charge in [0.2, 0.25) is 11.2 Å². The van der Waals surface area contributed by atoms with E-state index in [1.165, 1.54) is 23.2 Å². The van der Waals surface area contributed by atoms with Gasteiger partial charge in [0.15, 0.2) is 11.2 Å². The summed E-state index contributed by atoms with van der Waals surface area (Å²) >= 11 is 9.49. The van der Waals surface area contributed by atoms with Crippen molar-refractivity contribution in [3.63, 3.8) is 0 Å². The van der Waals surface area contributed by atoms with Crippen LogP contribution in [0.15, 0.2) is 32.3 Å². The summed E-state index contributed by atoms with van der Waals surface area (Å²) in [4.78, 5) is 41.0. The van der Waals surface area contributed by atoms with Gasteiger partial charge >= 0.3 is 5.69 Å². The number of fused-ring (bicyclic) bond motifs is 1. The first-order valence-electron chi connectivity index (χ1n) is 7.58. The number of nitrogens with one attached hydrogen (secondary N) is 1. The van der Waals surface area contributed by atoms with Gasteiger partial charge in [0.25, 0.3) is 5.56 Å². The van der Waals surface area contributed by atoms with Gasteiger partial charge in [0, 0.05) is 24.3 Å². The number of aryl methyl sites for hydroxylation is 2. The molecular weight excluding hydrogens is 426 g/mol. The van der Waals surface area contributed by atoms with Crippen molar-refractivity contribution < 1.29 is 4.79 Å². The normalized spacial score (nSPS) is 11.1. The fourth-order valence-corrected chi connectivity index (χ4v) is 3.36. The molecule has 1 N–H and O–H groups in total. The Morgan fingerprint density at radius 3 is 2.62 bits per heavy atom. The molecule has 0 spiro atoms. The van der Waals surface area contributed by atoms with Crippen molar-refractivity contribution in [3.8, 4) is 0 Å². The standard InChI is InChI=1S/C16H15BrClN5O3/c1-8-6-9(17)4-5-10(8)19-11(24)7-23-12-13(20-15(23)18)21(2)16(26)22(3)14(12)25/h4-6H,7H2,1-3H3,(H,19,24). The summed E-state index contributed by atoms with van der Waals surface area (Å²) < 4.78 is 4.37. The maximum absolute atomic E-state index is 12.5. The molecule has 10 heteroatoms. The van der Waals surface area contributed by atoms with Gasteiger partial charge in [-0.1, -0.05) is 15.9 Å². The van der Waals surface area contributed by atoms with E-state index in [1.54, 1.807) is 6.07 Å². The Labute approximate surface area is 161 Å². The molecule has 0 aliphatic heterocycles. The van der Waals surface area contributed by atoms with E-state index in [-0.39, 0.29) is 28.9 Å². The van der Waals surface area contributed by atoms with Crippen LogP contribution in [0.25, 0.3) is 11.2 Å². The summed E-state index contributed by atoms with van der Waals surface area (Å²) in [6.45, 7) is 1.66. The van der Waals surface area contributed by atoms with Crippen LogP contribution in [-0.4, -0.2) is 24.6 Å². The van der Waals surface area contributed by atoms with E-state index >= 15 is 0 Å². The molecule has 0 atom stereocenters. The third-order valence-electron chi connectivity index (χ3n) is 4.07. The molecule has 0 aliphatic rings. The van der Waals surface area contributed by atoms with Crippen molar-refractivity contribution in [2.75, 3.05) is 5.32 Å². The highest BCUT2D eigenvalue weighted by Gasteiger charge is 2.20. The van der Waals surface area contributed by atoms with Crippen LogP contribution in [0.2, 0.25) is 5.28 Å². The molecule has 8 nitrogen and oxygen atoms in total. The first kappa shape index (κ1) is 18.4. The number of hydrogen-bond donors (Lipinski definition) is 1. The summed E-state index contributed by atoms with van der Waals surface area (Å²) in [5.74, 6) is -0.368. The van der Waals surface area contributed by atoms with Gasteiger partial charge in [-0.15, -0.1) is 0 Å². The molecule has 0 unspecified atom stereocenters. The van der Waals surface area contributed by atoms with E-state index in [4.69, 9.17) is 11.6 Å². The van der Waals surface area contributed by atoms with Gasteiger partial charge in [-0.2, -0.15) is 4.98 Å².